The van der Waals surface area contributed by atoms with E-state index in [1.807, 2.05) is 41.8 Å². The number of methoxy groups -OCH3 is 1. The van der Waals surface area contributed by atoms with Crippen molar-refractivity contribution in [2.45, 2.75) is 6.42 Å². The Morgan fingerprint density at radius 2 is 2.04 bits per heavy atom. The quantitative estimate of drug-likeness (QED) is 0.747. The summed E-state index contributed by atoms with van der Waals surface area (Å²) in [5, 5.41) is 5.48. The summed E-state index contributed by atoms with van der Waals surface area (Å²) in [5.41, 5.74) is 4.30. The van der Waals surface area contributed by atoms with Gasteiger partial charge >= 0.3 is 0 Å². The zero-order chi connectivity index (χ0) is 17.9. The number of rotatable bonds is 5. The number of aromatic nitrogens is 1. The number of fused-ring (bicyclic) bond motifs is 1. The van der Waals surface area contributed by atoms with Gasteiger partial charge in [-0.15, -0.1) is 11.3 Å². The lowest BCUT2D eigenvalue weighted by Gasteiger charge is -2.18. The van der Waals surface area contributed by atoms with Gasteiger partial charge in [0.25, 0.3) is 0 Å². The highest BCUT2D eigenvalue weighted by molar-refractivity contribution is 7.14. The zero-order valence-corrected chi connectivity index (χ0v) is 15.3. The predicted octanol–water partition coefficient (Wildman–Crippen LogP) is 3.82. The molecule has 3 aromatic rings. The fourth-order valence-corrected chi connectivity index (χ4v) is 3.86. The molecule has 1 aliphatic heterocycles. The van der Waals surface area contributed by atoms with E-state index in [2.05, 4.69) is 27.3 Å². The van der Waals surface area contributed by atoms with E-state index in [9.17, 15) is 4.79 Å². The first-order chi connectivity index (χ1) is 12.7. The highest BCUT2D eigenvalue weighted by atomic mass is 32.1. The van der Waals surface area contributed by atoms with Crippen LogP contribution >= 0.6 is 11.3 Å². The highest BCUT2D eigenvalue weighted by Gasteiger charge is 2.20. The number of thiazole rings is 1. The van der Waals surface area contributed by atoms with E-state index < -0.39 is 0 Å². The summed E-state index contributed by atoms with van der Waals surface area (Å²) in [5.74, 6) is 0.765. The molecule has 0 fully saturated rings. The smallest absolute Gasteiger partial charge is 0.245 e. The van der Waals surface area contributed by atoms with Crippen molar-refractivity contribution in [3.63, 3.8) is 0 Å². The molecule has 1 amide bonds. The number of amides is 1. The number of nitrogens with one attached hydrogen (secondary N) is 1. The van der Waals surface area contributed by atoms with Crippen molar-refractivity contribution in [2.24, 2.45) is 0 Å². The molecule has 0 atom stereocenters. The molecule has 0 unspecified atom stereocenters. The minimum absolute atomic E-state index is 0.0441. The summed E-state index contributed by atoms with van der Waals surface area (Å²) in [6.45, 7) is 1.22. The maximum atomic E-state index is 12.4. The molecule has 0 bridgehead atoms. The van der Waals surface area contributed by atoms with Crippen LogP contribution in [0.3, 0.4) is 0 Å². The van der Waals surface area contributed by atoms with Gasteiger partial charge in [-0.2, -0.15) is 0 Å². The Kier molecular flexibility index (Phi) is 4.58. The van der Waals surface area contributed by atoms with E-state index >= 15 is 0 Å². The lowest BCUT2D eigenvalue weighted by molar-refractivity contribution is -0.115. The van der Waals surface area contributed by atoms with Gasteiger partial charge < -0.3 is 15.0 Å². The molecule has 4 rings (SSSR count). The van der Waals surface area contributed by atoms with Gasteiger partial charge in [-0.1, -0.05) is 18.2 Å². The normalized spacial score (nSPS) is 12.7. The van der Waals surface area contributed by atoms with Gasteiger partial charge in [-0.05, 0) is 42.3 Å². The standard InChI is InChI=1S/C20H19N3O2S/c1-25-16-8-6-14(7-9-16)17-13-26-20(21-17)22-19(24)12-23-11-10-15-4-2-3-5-18(15)23/h2-9,13H,10-12H2,1H3,(H,21,22,24). The van der Waals surface area contributed by atoms with Crippen molar-refractivity contribution >= 4 is 28.1 Å². The van der Waals surface area contributed by atoms with Crippen LogP contribution in [-0.2, 0) is 11.2 Å². The van der Waals surface area contributed by atoms with Crippen LogP contribution in [0.5, 0.6) is 5.75 Å². The Balaban J connectivity index is 1.40. The van der Waals surface area contributed by atoms with Crippen LogP contribution in [0.1, 0.15) is 5.56 Å². The van der Waals surface area contributed by atoms with Gasteiger partial charge in [0.1, 0.15) is 5.75 Å². The van der Waals surface area contributed by atoms with Crippen molar-refractivity contribution < 1.29 is 9.53 Å². The third kappa shape index (κ3) is 3.41. The van der Waals surface area contributed by atoms with Crippen molar-refractivity contribution in [3.8, 4) is 17.0 Å². The number of hydrogen-bond donors (Lipinski definition) is 1. The average molecular weight is 365 g/mol. The number of para-hydroxylation sites is 1. The molecular formula is C20H19N3O2S. The molecule has 1 aromatic heterocycles. The highest BCUT2D eigenvalue weighted by Crippen LogP contribution is 2.28. The Morgan fingerprint density at radius 1 is 1.23 bits per heavy atom. The number of anilines is 2. The third-order valence-electron chi connectivity index (χ3n) is 4.45. The van der Waals surface area contributed by atoms with E-state index in [0.717, 1.165) is 35.7 Å². The largest absolute Gasteiger partial charge is 0.497 e. The molecule has 1 N–H and O–H groups in total. The second-order valence-electron chi connectivity index (χ2n) is 6.11. The fraction of sp³-hybridized carbons (Fsp3) is 0.200. The van der Waals surface area contributed by atoms with Gasteiger partial charge in [0.05, 0.1) is 19.3 Å². The van der Waals surface area contributed by atoms with Crippen LogP contribution in [0, 0.1) is 0 Å². The molecule has 5 nitrogen and oxygen atoms in total. The molecule has 6 heteroatoms. The number of carbonyl (C=O) groups is 1. The molecule has 0 radical (unpaired) electrons. The van der Waals surface area contributed by atoms with Crippen LogP contribution < -0.4 is 15.0 Å². The predicted molar refractivity (Wildman–Crippen MR) is 105 cm³/mol. The van der Waals surface area contributed by atoms with Crippen LogP contribution in [0.15, 0.2) is 53.9 Å². The molecule has 2 aromatic carbocycles. The second kappa shape index (κ2) is 7.17. The molecule has 26 heavy (non-hydrogen) atoms. The molecule has 0 saturated carbocycles. The minimum Gasteiger partial charge on any atom is -0.497 e. The summed E-state index contributed by atoms with van der Waals surface area (Å²) in [7, 11) is 1.64. The van der Waals surface area contributed by atoms with Crippen LogP contribution in [0.25, 0.3) is 11.3 Å². The lowest BCUT2D eigenvalue weighted by Crippen LogP contribution is -2.31. The maximum absolute atomic E-state index is 12.4. The summed E-state index contributed by atoms with van der Waals surface area (Å²) >= 11 is 1.43. The Labute approximate surface area is 156 Å². The molecule has 132 valence electrons. The lowest BCUT2D eigenvalue weighted by atomic mass is 10.2. The molecule has 0 aliphatic carbocycles. The van der Waals surface area contributed by atoms with E-state index in [1.165, 1.54) is 16.9 Å². The van der Waals surface area contributed by atoms with Gasteiger partial charge in [-0.25, -0.2) is 4.98 Å². The number of carbonyl (C=O) groups excluding carboxylic acids is 1. The monoisotopic (exact) mass is 365 g/mol. The molecule has 0 spiro atoms. The Hall–Kier alpha value is -2.86. The number of nitrogens with zero attached hydrogens (tertiary/aromatic N) is 2. The fourth-order valence-electron chi connectivity index (χ4n) is 3.13. The number of benzene rings is 2. The zero-order valence-electron chi connectivity index (χ0n) is 14.4. The van der Waals surface area contributed by atoms with E-state index in [0.29, 0.717) is 11.7 Å². The minimum atomic E-state index is -0.0441. The first-order valence-electron chi connectivity index (χ1n) is 8.45. The van der Waals surface area contributed by atoms with Crippen LogP contribution in [0.2, 0.25) is 0 Å². The summed E-state index contributed by atoms with van der Waals surface area (Å²) in [6, 6.07) is 16.0. The first-order valence-corrected chi connectivity index (χ1v) is 9.33. The van der Waals surface area contributed by atoms with Crippen molar-refractivity contribution in [1.82, 2.24) is 4.98 Å². The van der Waals surface area contributed by atoms with Gasteiger partial charge in [0.2, 0.25) is 5.91 Å². The molecular weight excluding hydrogens is 346 g/mol. The summed E-state index contributed by atoms with van der Waals surface area (Å²) in [6.07, 6.45) is 0.988. The number of hydrogen-bond acceptors (Lipinski definition) is 5. The van der Waals surface area contributed by atoms with Gasteiger partial charge in [-0.3, -0.25) is 4.79 Å². The summed E-state index contributed by atoms with van der Waals surface area (Å²) < 4.78 is 5.17. The Morgan fingerprint density at radius 3 is 2.85 bits per heavy atom. The topological polar surface area (TPSA) is 54.5 Å². The van der Waals surface area contributed by atoms with E-state index in [4.69, 9.17) is 4.74 Å². The first kappa shape index (κ1) is 16.6. The van der Waals surface area contributed by atoms with E-state index in [1.54, 1.807) is 7.11 Å². The average Bonchev–Trinajstić information content (AvgIpc) is 3.29. The van der Waals surface area contributed by atoms with Crippen LogP contribution in [-0.4, -0.2) is 31.1 Å². The molecule has 2 heterocycles. The van der Waals surface area contributed by atoms with E-state index in [-0.39, 0.29) is 5.91 Å². The second-order valence-corrected chi connectivity index (χ2v) is 6.97. The van der Waals surface area contributed by atoms with Crippen molar-refractivity contribution in [2.75, 3.05) is 30.4 Å². The van der Waals surface area contributed by atoms with Crippen molar-refractivity contribution in [1.29, 1.82) is 0 Å². The van der Waals surface area contributed by atoms with Gasteiger partial charge in [0.15, 0.2) is 5.13 Å². The number of ether oxygens (including phenoxy) is 1. The maximum Gasteiger partial charge on any atom is 0.245 e. The van der Waals surface area contributed by atoms with Crippen LogP contribution in [0.4, 0.5) is 10.8 Å². The molecule has 1 aliphatic rings. The summed E-state index contributed by atoms with van der Waals surface area (Å²) in [4.78, 5) is 19.0. The Bertz CT molecular complexity index is 921. The van der Waals surface area contributed by atoms with Gasteiger partial charge in [0, 0.05) is 23.2 Å². The third-order valence-corrected chi connectivity index (χ3v) is 5.21. The molecule has 0 saturated heterocycles. The SMILES string of the molecule is COc1ccc(-c2csc(NC(=O)CN3CCc4ccccc43)n2)cc1. The van der Waals surface area contributed by atoms with Crippen molar-refractivity contribution in [3.05, 3.63) is 59.5 Å².